The molecule has 0 bridgehead atoms. The Balaban J connectivity index is 1.56. The molecule has 0 atom stereocenters. The van der Waals surface area contributed by atoms with Crippen LogP contribution in [0.3, 0.4) is 0 Å². The summed E-state index contributed by atoms with van der Waals surface area (Å²) >= 11 is 0. The maximum atomic E-state index is 12.0. The first-order chi connectivity index (χ1) is 13.0. The minimum Gasteiger partial charge on any atom is -0.508 e. The number of aryl methyl sites for hydroxylation is 2. The Hall–Kier alpha value is -3.54. The van der Waals surface area contributed by atoms with Crippen molar-refractivity contribution in [3.05, 3.63) is 77.6 Å². The van der Waals surface area contributed by atoms with Gasteiger partial charge in [0, 0.05) is 17.6 Å². The smallest absolute Gasteiger partial charge is 0.259 e. The maximum Gasteiger partial charge on any atom is 0.259 e. The molecule has 3 aromatic rings. The quantitative estimate of drug-likeness (QED) is 0.465. The molecule has 0 aliphatic heterocycles. The summed E-state index contributed by atoms with van der Waals surface area (Å²) in [4.78, 5) is 12.0. The van der Waals surface area contributed by atoms with Crippen LogP contribution in [-0.2, 0) is 4.79 Å². The Kier molecular flexibility index (Phi) is 5.56. The number of hydrogen-bond acceptors (Lipinski definition) is 4. The Morgan fingerprint density at radius 3 is 2.63 bits per heavy atom. The van der Waals surface area contributed by atoms with E-state index in [-0.39, 0.29) is 18.2 Å². The Bertz CT molecular complexity index is 959. The van der Waals surface area contributed by atoms with Crippen LogP contribution in [0.15, 0.2) is 65.9 Å². The molecule has 0 aliphatic rings. The van der Waals surface area contributed by atoms with Crippen LogP contribution in [0.1, 0.15) is 16.8 Å². The molecule has 138 valence electrons. The van der Waals surface area contributed by atoms with Crippen LogP contribution in [0.5, 0.6) is 5.75 Å². The fraction of sp³-hybridized carbons (Fsp3) is 0.143. The van der Waals surface area contributed by atoms with Gasteiger partial charge >= 0.3 is 0 Å². The number of phenols is 1. The number of carbonyl (C=O) groups is 1. The third-order valence-electron chi connectivity index (χ3n) is 4.25. The number of aromatic hydroxyl groups is 1. The van der Waals surface area contributed by atoms with Gasteiger partial charge in [-0.05, 0) is 73.5 Å². The number of nitrogens with zero attached hydrogens (tertiary/aromatic N) is 2. The predicted octanol–water partition coefficient (Wildman–Crippen LogP) is 3.36. The van der Waals surface area contributed by atoms with Crippen molar-refractivity contribution in [2.45, 2.75) is 13.8 Å². The molecular weight excluding hydrogens is 340 g/mol. The number of rotatable bonds is 6. The summed E-state index contributed by atoms with van der Waals surface area (Å²) in [6, 6.07) is 16.6. The van der Waals surface area contributed by atoms with Crippen molar-refractivity contribution in [1.29, 1.82) is 0 Å². The highest BCUT2D eigenvalue weighted by atomic mass is 16.3. The Morgan fingerprint density at radius 2 is 1.89 bits per heavy atom. The van der Waals surface area contributed by atoms with Gasteiger partial charge in [0.1, 0.15) is 5.75 Å². The molecule has 6 nitrogen and oxygen atoms in total. The van der Waals surface area contributed by atoms with Gasteiger partial charge in [-0.2, -0.15) is 5.10 Å². The number of hydrogen-bond donors (Lipinski definition) is 3. The minimum atomic E-state index is -0.229. The molecule has 0 unspecified atom stereocenters. The molecular formula is C21H22N4O2. The third-order valence-corrected chi connectivity index (χ3v) is 4.25. The van der Waals surface area contributed by atoms with Crippen molar-refractivity contribution >= 4 is 17.8 Å². The van der Waals surface area contributed by atoms with Crippen molar-refractivity contribution in [2.75, 3.05) is 11.9 Å². The van der Waals surface area contributed by atoms with E-state index in [1.807, 2.05) is 48.0 Å². The van der Waals surface area contributed by atoms with Crippen LogP contribution in [0.25, 0.3) is 5.69 Å². The number of carbonyl (C=O) groups excluding carboxylic acids is 1. The van der Waals surface area contributed by atoms with E-state index in [2.05, 4.69) is 22.8 Å². The number of anilines is 1. The average molecular weight is 362 g/mol. The number of nitrogens with one attached hydrogen (secondary N) is 2. The highest BCUT2D eigenvalue weighted by Crippen LogP contribution is 2.16. The summed E-state index contributed by atoms with van der Waals surface area (Å²) in [5.74, 6) is -0.0168. The van der Waals surface area contributed by atoms with Crippen LogP contribution in [-0.4, -0.2) is 28.3 Å². The standard InChI is InChI=1S/C21H22N4O2/c1-15-5-6-17(12-16(15)2)22-14-21(27)24-23-13-19-4-3-11-25(19)18-7-9-20(26)10-8-18/h3-13,22,26H,14H2,1-2H3,(H,24,27)/b23-13-. The third kappa shape index (κ3) is 4.76. The zero-order valence-corrected chi connectivity index (χ0v) is 15.3. The largest absolute Gasteiger partial charge is 0.508 e. The Morgan fingerprint density at radius 1 is 1.11 bits per heavy atom. The van der Waals surface area contributed by atoms with Crippen LogP contribution < -0.4 is 10.7 Å². The van der Waals surface area contributed by atoms with Crippen LogP contribution >= 0.6 is 0 Å². The monoisotopic (exact) mass is 362 g/mol. The number of hydrazone groups is 1. The molecule has 0 fully saturated rings. The second-order valence-corrected chi connectivity index (χ2v) is 6.27. The highest BCUT2D eigenvalue weighted by molar-refractivity contribution is 5.84. The average Bonchev–Trinajstić information content (AvgIpc) is 3.12. The van der Waals surface area contributed by atoms with Crippen molar-refractivity contribution in [3.63, 3.8) is 0 Å². The summed E-state index contributed by atoms with van der Waals surface area (Å²) in [6.45, 7) is 4.22. The topological polar surface area (TPSA) is 78.7 Å². The van der Waals surface area contributed by atoms with Crippen molar-refractivity contribution in [3.8, 4) is 11.4 Å². The van der Waals surface area contributed by atoms with Gasteiger partial charge in [-0.25, -0.2) is 5.43 Å². The van der Waals surface area contributed by atoms with Crippen molar-refractivity contribution in [2.24, 2.45) is 5.10 Å². The van der Waals surface area contributed by atoms with Gasteiger partial charge < -0.3 is 15.0 Å². The predicted molar refractivity (Wildman–Crippen MR) is 108 cm³/mol. The van der Waals surface area contributed by atoms with Gasteiger partial charge in [-0.15, -0.1) is 0 Å². The zero-order chi connectivity index (χ0) is 19.2. The fourth-order valence-electron chi connectivity index (χ4n) is 2.59. The van der Waals surface area contributed by atoms with Gasteiger partial charge in [0.25, 0.3) is 5.91 Å². The second-order valence-electron chi connectivity index (χ2n) is 6.27. The fourth-order valence-corrected chi connectivity index (χ4v) is 2.59. The number of aromatic nitrogens is 1. The number of amides is 1. The first-order valence-corrected chi connectivity index (χ1v) is 8.63. The van der Waals surface area contributed by atoms with Gasteiger partial charge in [0.05, 0.1) is 18.5 Å². The molecule has 1 aromatic heterocycles. The molecule has 3 N–H and O–H groups in total. The zero-order valence-electron chi connectivity index (χ0n) is 15.3. The number of phenolic OH excluding ortho intramolecular Hbond substituents is 1. The molecule has 2 aromatic carbocycles. The molecule has 3 rings (SSSR count). The molecule has 0 spiro atoms. The van der Waals surface area contributed by atoms with Gasteiger partial charge in [-0.1, -0.05) is 6.07 Å². The van der Waals surface area contributed by atoms with E-state index in [4.69, 9.17) is 0 Å². The lowest BCUT2D eigenvalue weighted by atomic mass is 10.1. The lowest BCUT2D eigenvalue weighted by Crippen LogP contribution is -2.26. The first-order valence-electron chi connectivity index (χ1n) is 8.63. The lowest BCUT2D eigenvalue weighted by Gasteiger charge is -2.08. The molecule has 0 saturated carbocycles. The summed E-state index contributed by atoms with van der Waals surface area (Å²) in [7, 11) is 0. The Labute approximate surface area is 158 Å². The van der Waals surface area contributed by atoms with Crippen LogP contribution in [0, 0.1) is 13.8 Å². The SMILES string of the molecule is Cc1ccc(NCC(=O)N/N=C\c2cccn2-c2ccc(O)cc2)cc1C. The highest BCUT2D eigenvalue weighted by Gasteiger charge is 2.03. The molecule has 0 aliphatic carbocycles. The molecule has 1 amide bonds. The van der Waals surface area contributed by atoms with Crippen LogP contribution in [0.4, 0.5) is 5.69 Å². The summed E-state index contributed by atoms with van der Waals surface area (Å²) in [5, 5.41) is 16.5. The summed E-state index contributed by atoms with van der Waals surface area (Å²) in [6.07, 6.45) is 3.47. The number of benzene rings is 2. The van der Waals surface area contributed by atoms with Gasteiger partial charge in [0.2, 0.25) is 0 Å². The van der Waals surface area contributed by atoms with E-state index in [0.717, 1.165) is 17.1 Å². The second kappa shape index (κ2) is 8.23. The van der Waals surface area contributed by atoms with Crippen molar-refractivity contribution in [1.82, 2.24) is 9.99 Å². The van der Waals surface area contributed by atoms with E-state index >= 15 is 0 Å². The van der Waals surface area contributed by atoms with E-state index in [1.165, 1.54) is 11.1 Å². The normalized spacial score (nSPS) is 10.9. The van der Waals surface area contributed by atoms with E-state index in [1.54, 1.807) is 30.5 Å². The molecule has 27 heavy (non-hydrogen) atoms. The van der Waals surface area contributed by atoms with Gasteiger partial charge in [0.15, 0.2) is 0 Å². The van der Waals surface area contributed by atoms with Crippen LogP contribution in [0.2, 0.25) is 0 Å². The van der Waals surface area contributed by atoms with E-state index in [9.17, 15) is 9.90 Å². The van der Waals surface area contributed by atoms with Crippen molar-refractivity contribution < 1.29 is 9.90 Å². The molecule has 1 heterocycles. The summed E-state index contributed by atoms with van der Waals surface area (Å²) in [5.41, 5.74) is 7.51. The molecule has 0 saturated heterocycles. The van der Waals surface area contributed by atoms with E-state index < -0.39 is 0 Å². The maximum absolute atomic E-state index is 12.0. The molecule has 6 heteroatoms. The van der Waals surface area contributed by atoms with E-state index in [0.29, 0.717) is 0 Å². The summed E-state index contributed by atoms with van der Waals surface area (Å²) < 4.78 is 1.91. The molecule has 0 radical (unpaired) electrons. The first kappa shape index (κ1) is 18.3. The lowest BCUT2D eigenvalue weighted by molar-refractivity contribution is -0.119. The van der Waals surface area contributed by atoms with Gasteiger partial charge in [-0.3, -0.25) is 4.79 Å². The minimum absolute atomic E-state index is 0.138.